The van der Waals surface area contributed by atoms with Crippen LogP contribution in [-0.2, 0) is 9.53 Å². The van der Waals surface area contributed by atoms with Crippen LogP contribution in [0, 0.1) is 0 Å². The monoisotopic (exact) mass is 407 g/mol. The summed E-state index contributed by atoms with van der Waals surface area (Å²) in [5.41, 5.74) is 0.776. The van der Waals surface area contributed by atoms with Gasteiger partial charge in [-0.2, -0.15) is 0 Å². The minimum absolute atomic E-state index is 0.0513. The van der Waals surface area contributed by atoms with Gasteiger partial charge in [-0.15, -0.1) is 0 Å². The quantitative estimate of drug-likeness (QED) is 0.713. The molecule has 0 aromatic heterocycles. The zero-order chi connectivity index (χ0) is 18.4. The van der Waals surface area contributed by atoms with E-state index in [0.29, 0.717) is 15.7 Å². The maximum absolute atomic E-state index is 11.9. The highest BCUT2D eigenvalue weighted by Gasteiger charge is 2.13. The van der Waals surface area contributed by atoms with Crippen LogP contribution in [0.15, 0.2) is 46.9 Å². The van der Waals surface area contributed by atoms with Gasteiger partial charge in [0.2, 0.25) is 0 Å². The number of hydrogen-bond donors (Lipinski definition) is 2. The van der Waals surface area contributed by atoms with E-state index in [9.17, 15) is 14.4 Å². The number of carboxylic acids is 1. The van der Waals surface area contributed by atoms with Crippen LogP contribution >= 0.6 is 15.9 Å². The molecule has 0 spiro atoms. The third kappa shape index (κ3) is 5.05. The molecule has 25 heavy (non-hydrogen) atoms. The lowest BCUT2D eigenvalue weighted by atomic mass is 10.2. The van der Waals surface area contributed by atoms with Crippen LogP contribution in [0.25, 0.3) is 0 Å². The molecule has 1 amide bonds. The summed E-state index contributed by atoms with van der Waals surface area (Å²) in [4.78, 5) is 34.4. The van der Waals surface area contributed by atoms with Crippen LogP contribution in [0.5, 0.6) is 5.75 Å². The van der Waals surface area contributed by atoms with Crippen molar-refractivity contribution >= 4 is 39.5 Å². The van der Waals surface area contributed by atoms with Gasteiger partial charge in [-0.3, -0.25) is 4.79 Å². The Morgan fingerprint density at radius 3 is 2.40 bits per heavy atom. The third-order valence-corrected chi connectivity index (χ3v) is 3.61. The van der Waals surface area contributed by atoms with Crippen molar-refractivity contribution < 1.29 is 29.0 Å². The molecular formula is C17H14BrNO6. The molecule has 0 aliphatic carbocycles. The number of carboxylic acid groups (broad SMARTS) is 1. The summed E-state index contributed by atoms with van der Waals surface area (Å²) in [6.07, 6.45) is 0. The fourth-order valence-electron chi connectivity index (χ4n) is 1.94. The minimum Gasteiger partial charge on any atom is -0.483 e. The second-order valence-corrected chi connectivity index (χ2v) is 5.77. The molecule has 8 heteroatoms. The number of amides is 1. The molecule has 0 unspecified atom stereocenters. The van der Waals surface area contributed by atoms with E-state index >= 15 is 0 Å². The molecule has 0 aliphatic heterocycles. The molecule has 2 aromatic carbocycles. The molecule has 2 aromatic rings. The zero-order valence-electron chi connectivity index (χ0n) is 13.1. The predicted octanol–water partition coefficient (Wildman–Crippen LogP) is 2.95. The van der Waals surface area contributed by atoms with Gasteiger partial charge in [0, 0.05) is 10.2 Å². The third-order valence-electron chi connectivity index (χ3n) is 3.12. The molecule has 2 rings (SSSR count). The Labute approximate surface area is 151 Å². The number of nitrogens with one attached hydrogen (secondary N) is 1. The van der Waals surface area contributed by atoms with Crippen LogP contribution in [0.2, 0.25) is 0 Å². The minimum atomic E-state index is -1.16. The number of hydrogen-bond acceptors (Lipinski definition) is 5. The van der Waals surface area contributed by atoms with E-state index < -0.39 is 17.8 Å². The van der Waals surface area contributed by atoms with Crippen LogP contribution in [0.1, 0.15) is 20.7 Å². The Hall–Kier alpha value is -2.87. The van der Waals surface area contributed by atoms with Crippen molar-refractivity contribution in [3.05, 3.63) is 58.1 Å². The van der Waals surface area contributed by atoms with Gasteiger partial charge in [-0.1, -0.05) is 15.9 Å². The highest BCUT2D eigenvalue weighted by molar-refractivity contribution is 9.10. The maximum atomic E-state index is 11.9. The van der Waals surface area contributed by atoms with E-state index in [0.717, 1.165) is 0 Å². The summed E-state index contributed by atoms with van der Waals surface area (Å²) in [6.45, 7) is -0.360. The van der Waals surface area contributed by atoms with Crippen LogP contribution in [-0.4, -0.2) is 36.7 Å². The van der Waals surface area contributed by atoms with Gasteiger partial charge in [0.1, 0.15) is 11.3 Å². The first-order valence-electron chi connectivity index (χ1n) is 7.04. The lowest BCUT2D eigenvalue weighted by Crippen LogP contribution is -2.21. The average molecular weight is 408 g/mol. The zero-order valence-corrected chi connectivity index (χ0v) is 14.7. The van der Waals surface area contributed by atoms with Crippen LogP contribution in [0.3, 0.4) is 0 Å². The average Bonchev–Trinajstić information content (AvgIpc) is 2.60. The fourth-order valence-corrected chi connectivity index (χ4v) is 2.30. The number of esters is 1. The number of ether oxygens (including phenoxy) is 2. The van der Waals surface area contributed by atoms with E-state index in [1.54, 1.807) is 18.2 Å². The molecule has 0 bridgehead atoms. The Balaban J connectivity index is 1.97. The summed E-state index contributed by atoms with van der Waals surface area (Å²) in [5.74, 6) is -2.01. The number of anilines is 1. The molecule has 0 aliphatic rings. The fraction of sp³-hybridized carbons (Fsp3) is 0.118. The molecule has 130 valence electrons. The molecule has 0 heterocycles. The van der Waals surface area contributed by atoms with E-state index in [2.05, 4.69) is 26.0 Å². The molecule has 0 radical (unpaired) electrons. The van der Waals surface area contributed by atoms with Crippen molar-refractivity contribution in [3.8, 4) is 5.75 Å². The molecule has 2 N–H and O–H groups in total. The van der Waals surface area contributed by atoms with Crippen molar-refractivity contribution in [2.45, 2.75) is 0 Å². The number of carbonyl (C=O) groups excluding carboxylic acids is 2. The summed E-state index contributed by atoms with van der Waals surface area (Å²) in [7, 11) is 1.28. The number of methoxy groups -OCH3 is 1. The van der Waals surface area contributed by atoms with Crippen molar-refractivity contribution in [2.24, 2.45) is 0 Å². The van der Waals surface area contributed by atoms with Crippen LogP contribution < -0.4 is 10.1 Å². The smallest absolute Gasteiger partial charge is 0.339 e. The van der Waals surface area contributed by atoms with Gasteiger partial charge in [0.15, 0.2) is 6.61 Å². The molecule has 0 fully saturated rings. The number of halogens is 1. The van der Waals surface area contributed by atoms with Gasteiger partial charge in [-0.05, 0) is 42.5 Å². The predicted molar refractivity (Wildman–Crippen MR) is 93.0 cm³/mol. The first kappa shape index (κ1) is 18.5. The molecule has 0 saturated heterocycles. The summed E-state index contributed by atoms with van der Waals surface area (Å²) < 4.78 is 10.5. The maximum Gasteiger partial charge on any atom is 0.339 e. The molecule has 0 atom stereocenters. The van der Waals surface area contributed by atoms with Gasteiger partial charge < -0.3 is 19.9 Å². The summed E-state index contributed by atoms with van der Waals surface area (Å²) in [5, 5.41) is 11.7. The largest absolute Gasteiger partial charge is 0.483 e. The number of carbonyl (C=O) groups is 3. The topological polar surface area (TPSA) is 102 Å². The number of aromatic carboxylic acids is 1. The second-order valence-electron chi connectivity index (χ2n) is 4.85. The van der Waals surface area contributed by atoms with Gasteiger partial charge in [0.05, 0.1) is 12.7 Å². The second kappa shape index (κ2) is 8.29. The Bertz CT molecular complexity index is 803. The van der Waals surface area contributed by atoms with E-state index in [4.69, 9.17) is 9.84 Å². The molecular weight excluding hydrogens is 394 g/mol. The van der Waals surface area contributed by atoms with Gasteiger partial charge in [0.25, 0.3) is 5.91 Å². The van der Waals surface area contributed by atoms with Crippen molar-refractivity contribution in [2.75, 3.05) is 19.0 Å². The van der Waals surface area contributed by atoms with Gasteiger partial charge >= 0.3 is 11.9 Å². The molecule has 0 saturated carbocycles. The highest BCUT2D eigenvalue weighted by atomic mass is 79.9. The van der Waals surface area contributed by atoms with Crippen LogP contribution in [0.4, 0.5) is 5.69 Å². The Kier molecular flexibility index (Phi) is 6.13. The number of rotatable bonds is 6. The standard InChI is InChI=1S/C17H14BrNO6/c1-24-17(23)10-2-5-12(6-3-10)19-15(20)9-25-14-7-4-11(18)8-13(14)16(21)22/h2-8H,9H2,1H3,(H,19,20)(H,21,22). The first-order chi connectivity index (χ1) is 11.9. The van der Waals surface area contributed by atoms with E-state index in [-0.39, 0.29) is 17.9 Å². The molecule has 7 nitrogen and oxygen atoms in total. The normalized spacial score (nSPS) is 10.0. The van der Waals surface area contributed by atoms with Gasteiger partial charge in [-0.25, -0.2) is 9.59 Å². The Morgan fingerprint density at radius 1 is 1.12 bits per heavy atom. The summed E-state index contributed by atoms with van der Waals surface area (Å²) >= 11 is 3.18. The number of benzene rings is 2. The SMILES string of the molecule is COC(=O)c1ccc(NC(=O)COc2ccc(Br)cc2C(=O)O)cc1. The van der Waals surface area contributed by atoms with E-state index in [1.807, 2.05) is 0 Å². The lowest BCUT2D eigenvalue weighted by Gasteiger charge is -2.10. The summed E-state index contributed by atoms with van der Waals surface area (Å²) in [6, 6.07) is 10.6. The first-order valence-corrected chi connectivity index (χ1v) is 7.84. The van der Waals surface area contributed by atoms with Crippen molar-refractivity contribution in [3.63, 3.8) is 0 Å². The Morgan fingerprint density at radius 2 is 1.80 bits per heavy atom. The van der Waals surface area contributed by atoms with Crippen molar-refractivity contribution in [1.82, 2.24) is 0 Å². The van der Waals surface area contributed by atoms with Crippen molar-refractivity contribution in [1.29, 1.82) is 0 Å². The highest BCUT2D eigenvalue weighted by Crippen LogP contribution is 2.23. The lowest BCUT2D eigenvalue weighted by molar-refractivity contribution is -0.118. The van der Waals surface area contributed by atoms with E-state index in [1.165, 1.54) is 31.4 Å².